The van der Waals surface area contributed by atoms with Crippen molar-refractivity contribution in [3.8, 4) is 0 Å². The second kappa shape index (κ2) is 9.60. The molecule has 0 atom stereocenters. The Kier molecular flexibility index (Phi) is 9.24. The molecule has 0 aromatic rings. The van der Waals surface area contributed by atoms with Gasteiger partial charge in [-0.15, -0.1) is 0 Å². The molecule has 16 heavy (non-hydrogen) atoms. The highest BCUT2D eigenvalue weighted by atomic mass is 16.5. The van der Waals surface area contributed by atoms with Crippen molar-refractivity contribution in [2.45, 2.75) is 33.6 Å². The second-order valence-corrected chi connectivity index (χ2v) is 4.39. The quantitative estimate of drug-likeness (QED) is 0.583. The summed E-state index contributed by atoms with van der Waals surface area (Å²) in [6, 6.07) is 0. The van der Waals surface area contributed by atoms with Crippen LogP contribution in [0.2, 0.25) is 0 Å². The lowest BCUT2D eigenvalue weighted by atomic mass is 10.2. The van der Waals surface area contributed by atoms with Gasteiger partial charge in [-0.1, -0.05) is 13.8 Å². The number of carboxylic acid groups (broad SMARTS) is 1. The zero-order valence-corrected chi connectivity index (χ0v) is 10.7. The molecule has 0 aliphatic carbocycles. The Morgan fingerprint density at radius 1 is 1.38 bits per heavy atom. The van der Waals surface area contributed by atoms with Crippen LogP contribution < -0.4 is 0 Å². The molecule has 0 amide bonds. The number of hydrogen-bond acceptors (Lipinski definition) is 3. The minimum atomic E-state index is -0.724. The van der Waals surface area contributed by atoms with Crippen molar-refractivity contribution in [2.24, 2.45) is 5.92 Å². The van der Waals surface area contributed by atoms with Crippen molar-refractivity contribution in [1.82, 2.24) is 4.90 Å². The predicted octanol–water partition coefficient (Wildman–Crippen LogP) is 1.85. The van der Waals surface area contributed by atoms with Gasteiger partial charge in [-0.25, -0.2) is 0 Å². The Labute approximate surface area is 98.6 Å². The van der Waals surface area contributed by atoms with Crippen LogP contribution in [0.3, 0.4) is 0 Å². The van der Waals surface area contributed by atoms with E-state index in [1.54, 1.807) is 0 Å². The molecule has 0 bridgehead atoms. The number of carbonyl (C=O) groups is 1. The van der Waals surface area contributed by atoms with E-state index in [1.807, 2.05) is 6.92 Å². The van der Waals surface area contributed by atoms with Crippen molar-refractivity contribution in [2.75, 3.05) is 32.8 Å². The minimum Gasteiger partial charge on any atom is -0.481 e. The van der Waals surface area contributed by atoms with E-state index in [2.05, 4.69) is 18.7 Å². The van der Waals surface area contributed by atoms with Crippen LogP contribution in [-0.4, -0.2) is 48.8 Å². The highest BCUT2D eigenvalue weighted by Gasteiger charge is 2.08. The predicted molar refractivity (Wildman–Crippen MR) is 64.6 cm³/mol. The summed E-state index contributed by atoms with van der Waals surface area (Å²) in [7, 11) is 0. The fourth-order valence-corrected chi connectivity index (χ4v) is 1.60. The fourth-order valence-electron chi connectivity index (χ4n) is 1.60. The van der Waals surface area contributed by atoms with E-state index >= 15 is 0 Å². The van der Waals surface area contributed by atoms with Crippen LogP contribution in [0.4, 0.5) is 0 Å². The van der Waals surface area contributed by atoms with Gasteiger partial charge < -0.3 is 14.7 Å². The summed E-state index contributed by atoms with van der Waals surface area (Å²) in [5, 5.41) is 8.65. The Bertz CT molecular complexity index is 183. The minimum absolute atomic E-state index is 0.224. The summed E-state index contributed by atoms with van der Waals surface area (Å²) >= 11 is 0. The molecule has 0 saturated carbocycles. The van der Waals surface area contributed by atoms with Gasteiger partial charge in [0.1, 0.15) is 0 Å². The molecule has 96 valence electrons. The Hall–Kier alpha value is -0.610. The molecule has 0 heterocycles. The molecule has 0 aliphatic heterocycles. The summed E-state index contributed by atoms with van der Waals surface area (Å²) in [6.07, 6.45) is 1.20. The molecule has 0 unspecified atom stereocenters. The number of nitrogens with zero attached hydrogens (tertiary/aromatic N) is 1. The molecule has 0 fully saturated rings. The normalized spacial score (nSPS) is 11.3. The van der Waals surface area contributed by atoms with Crippen LogP contribution in [0.15, 0.2) is 0 Å². The van der Waals surface area contributed by atoms with Crippen molar-refractivity contribution in [3.05, 3.63) is 0 Å². The number of ether oxygens (including phenoxy) is 1. The molecule has 0 rings (SSSR count). The van der Waals surface area contributed by atoms with E-state index in [0.29, 0.717) is 12.5 Å². The summed E-state index contributed by atoms with van der Waals surface area (Å²) < 4.78 is 5.27. The largest absolute Gasteiger partial charge is 0.481 e. The summed E-state index contributed by atoms with van der Waals surface area (Å²) in [5.74, 6) is -0.153. The van der Waals surface area contributed by atoms with Gasteiger partial charge in [-0.05, 0) is 19.3 Å². The van der Waals surface area contributed by atoms with E-state index in [0.717, 1.165) is 32.7 Å². The number of aliphatic carboxylic acids is 1. The third-order valence-corrected chi connectivity index (χ3v) is 2.23. The first-order chi connectivity index (χ1) is 7.56. The van der Waals surface area contributed by atoms with Crippen LogP contribution in [-0.2, 0) is 9.53 Å². The smallest absolute Gasteiger partial charge is 0.304 e. The van der Waals surface area contributed by atoms with Crippen molar-refractivity contribution in [3.63, 3.8) is 0 Å². The van der Waals surface area contributed by atoms with Crippen LogP contribution in [0, 0.1) is 5.92 Å². The molecular weight excluding hydrogens is 206 g/mol. The fraction of sp³-hybridized carbons (Fsp3) is 0.917. The standard InChI is InChI=1S/C12H25NO3/c1-4-16-9-5-7-13(10-11(2)3)8-6-12(14)15/h11H,4-10H2,1-3H3,(H,14,15). The van der Waals surface area contributed by atoms with E-state index in [1.165, 1.54) is 0 Å². The first-order valence-electron chi connectivity index (χ1n) is 6.08. The van der Waals surface area contributed by atoms with Gasteiger partial charge in [-0.2, -0.15) is 0 Å². The average Bonchev–Trinajstić information content (AvgIpc) is 2.19. The molecule has 4 nitrogen and oxygen atoms in total. The topological polar surface area (TPSA) is 49.8 Å². The van der Waals surface area contributed by atoms with Gasteiger partial charge in [0.05, 0.1) is 6.42 Å². The van der Waals surface area contributed by atoms with Gasteiger partial charge >= 0.3 is 5.97 Å². The van der Waals surface area contributed by atoms with E-state index in [9.17, 15) is 4.79 Å². The van der Waals surface area contributed by atoms with Gasteiger partial charge in [-0.3, -0.25) is 4.79 Å². The third-order valence-electron chi connectivity index (χ3n) is 2.23. The molecule has 0 spiro atoms. The lowest BCUT2D eigenvalue weighted by Gasteiger charge is -2.23. The SMILES string of the molecule is CCOCCCN(CCC(=O)O)CC(C)C. The highest BCUT2D eigenvalue weighted by Crippen LogP contribution is 2.01. The highest BCUT2D eigenvalue weighted by molar-refractivity contribution is 5.66. The van der Waals surface area contributed by atoms with E-state index in [-0.39, 0.29) is 6.42 Å². The average molecular weight is 231 g/mol. The van der Waals surface area contributed by atoms with Crippen molar-refractivity contribution < 1.29 is 14.6 Å². The molecule has 0 aliphatic rings. The monoisotopic (exact) mass is 231 g/mol. The maximum absolute atomic E-state index is 10.5. The number of carboxylic acids is 1. The molecular formula is C12H25NO3. The molecule has 0 aromatic heterocycles. The van der Waals surface area contributed by atoms with Gasteiger partial charge in [0, 0.05) is 32.8 Å². The second-order valence-electron chi connectivity index (χ2n) is 4.39. The summed E-state index contributed by atoms with van der Waals surface area (Å²) in [4.78, 5) is 12.7. The number of hydrogen-bond donors (Lipinski definition) is 1. The Balaban J connectivity index is 3.76. The molecule has 0 saturated heterocycles. The van der Waals surface area contributed by atoms with Crippen LogP contribution in [0.1, 0.15) is 33.6 Å². The lowest BCUT2D eigenvalue weighted by Crippen LogP contribution is -2.31. The van der Waals surface area contributed by atoms with E-state index in [4.69, 9.17) is 9.84 Å². The molecule has 0 aromatic carbocycles. The summed E-state index contributed by atoms with van der Waals surface area (Å²) in [6.45, 7) is 10.3. The van der Waals surface area contributed by atoms with Crippen LogP contribution in [0.5, 0.6) is 0 Å². The van der Waals surface area contributed by atoms with Crippen LogP contribution >= 0.6 is 0 Å². The lowest BCUT2D eigenvalue weighted by molar-refractivity contribution is -0.137. The molecule has 1 N–H and O–H groups in total. The third kappa shape index (κ3) is 9.93. The maximum Gasteiger partial charge on any atom is 0.304 e. The number of rotatable bonds is 10. The zero-order valence-electron chi connectivity index (χ0n) is 10.7. The summed E-state index contributed by atoms with van der Waals surface area (Å²) in [5.41, 5.74) is 0. The zero-order chi connectivity index (χ0) is 12.4. The maximum atomic E-state index is 10.5. The van der Waals surface area contributed by atoms with Gasteiger partial charge in [0.2, 0.25) is 0 Å². The molecule has 0 radical (unpaired) electrons. The van der Waals surface area contributed by atoms with Crippen molar-refractivity contribution in [1.29, 1.82) is 0 Å². The van der Waals surface area contributed by atoms with Gasteiger partial charge in [0.15, 0.2) is 0 Å². The Morgan fingerprint density at radius 2 is 2.06 bits per heavy atom. The Morgan fingerprint density at radius 3 is 2.56 bits per heavy atom. The van der Waals surface area contributed by atoms with Crippen molar-refractivity contribution >= 4 is 5.97 Å². The first kappa shape index (κ1) is 15.4. The van der Waals surface area contributed by atoms with Gasteiger partial charge in [0.25, 0.3) is 0 Å². The van der Waals surface area contributed by atoms with E-state index < -0.39 is 5.97 Å². The first-order valence-corrected chi connectivity index (χ1v) is 6.08. The van der Waals surface area contributed by atoms with Crippen LogP contribution in [0.25, 0.3) is 0 Å². The molecule has 4 heteroatoms.